The van der Waals surface area contributed by atoms with Gasteiger partial charge in [-0.05, 0) is 5.56 Å². The van der Waals surface area contributed by atoms with E-state index in [2.05, 4.69) is 4.84 Å². The molecular formula is C8H12NO4P. The summed E-state index contributed by atoms with van der Waals surface area (Å²) >= 11 is 0. The van der Waals surface area contributed by atoms with E-state index < -0.39 is 13.4 Å². The largest absolute Gasteiger partial charge is 0.356 e. The second-order valence-electron chi connectivity index (χ2n) is 2.87. The molecule has 0 aliphatic rings. The van der Waals surface area contributed by atoms with Crippen molar-refractivity contribution in [3.63, 3.8) is 0 Å². The van der Waals surface area contributed by atoms with Crippen molar-refractivity contribution >= 4 is 7.60 Å². The van der Waals surface area contributed by atoms with E-state index in [1.807, 2.05) is 6.07 Å². The molecule has 6 heteroatoms. The van der Waals surface area contributed by atoms with E-state index in [0.717, 1.165) is 5.56 Å². The van der Waals surface area contributed by atoms with Crippen molar-refractivity contribution in [2.75, 3.05) is 0 Å². The fraction of sp³-hybridized carbons (Fsp3) is 0.250. The first-order chi connectivity index (χ1) is 6.54. The molecule has 0 aliphatic carbocycles. The Hall–Kier alpha value is -0.710. The highest BCUT2D eigenvalue weighted by Crippen LogP contribution is 2.42. The minimum atomic E-state index is -4.29. The molecule has 0 saturated carbocycles. The molecule has 0 bridgehead atoms. The lowest BCUT2D eigenvalue weighted by Gasteiger charge is -2.15. The van der Waals surface area contributed by atoms with Gasteiger partial charge in [-0.3, -0.25) is 9.40 Å². The smallest absolute Gasteiger partial charge is 0.323 e. The van der Waals surface area contributed by atoms with E-state index in [9.17, 15) is 4.57 Å². The van der Waals surface area contributed by atoms with Gasteiger partial charge >= 0.3 is 7.60 Å². The maximum absolute atomic E-state index is 10.9. The number of rotatable bonds is 4. The van der Waals surface area contributed by atoms with E-state index in [4.69, 9.17) is 15.7 Å². The summed E-state index contributed by atoms with van der Waals surface area (Å²) in [5, 5.41) is 0. The van der Waals surface area contributed by atoms with Crippen LogP contribution in [0, 0.1) is 0 Å². The van der Waals surface area contributed by atoms with Crippen LogP contribution in [0.1, 0.15) is 5.56 Å². The molecule has 0 radical (unpaired) electrons. The summed E-state index contributed by atoms with van der Waals surface area (Å²) in [4.78, 5) is 21.9. The molecule has 1 atom stereocenters. The van der Waals surface area contributed by atoms with Crippen molar-refractivity contribution in [3.05, 3.63) is 35.9 Å². The van der Waals surface area contributed by atoms with Gasteiger partial charge in [0.25, 0.3) is 0 Å². The van der Waals surface area contributed by atoms with Crippen molar-refractivity contribution in [3.8, 4) is 0 Å². The number of nitrogens with two attached hydrogens (primary N) is 1. The van der Waals surface area contributed by atoms with Gasteiger partial charge in [0.05, 0.1) is 0 Å². The second kappa shape index (κ2) is 4.68. The molecule has 0 spiro atoms. The first-order valence-electron chi connectivity index (χ1n) is 3.98. The van der Waals surface area contributed by atoms with Crippen LogP contribution in [0.4, 0.5) is 0 Å². The third-order valence-corrected chi connectivity index (χ3v) is 2.84. The quantitative estimate of drug-likeness (QED) is 0.508. The summed E-state index contributed by atoms with van der Waals surface area (Å²) < 4.78 is 10.9. The van der Waals surface area contributed by atoms with Crippen LogP contribution in [-0.4, -0.2) is 15.6 Å². The van der Waals surface area contributed by atoms with Gasteiger partial charge in [-0.25, -0.2) is 5.90 Å². The van der Waals surface area contributed by atoms with Crippen molar-refractivity contribution in [2.24, 2.45) is 5.90 Å². The van der Waals surface area contributed by atoms with Crippen molar-refractivity contribution in [1.29, 1.82) is 0 Å². The SMILES string of the molecule is NOC(Cc1ccccc1)P(=O)(O)O. The van der Waals surface area contributed by atoms with Crippen LogP contribution in [0.5, 0.6) is 0 Å². The van der Waals surface area contributed by atoms with Crippen molar-refractivity contribution in [2.45, 2.75) is 12.3 Å². The van der Waals surface area contributed by atoms with E-state index in [0.29, 0.717) is 0 Å². The molecule has 4 N–H and O–H groups in total. The van der Waals surface area contributed by atoms with Crippen molar-refractivity contribution in [1.82, 2.24) is 0 Å². The molecule has 0 saturated heterocycles. The second-order valence-corrected chi connectivity index (χ2v) is 4.62. The molecular weight excluding hydrogens is 205 g/mol. The molecule has 1 rings (SSSR count). The third-order valence-electron chi connectivity index (χ3n) is 1.79. The Kier molecular flexibility index (Phi) is 3.80. The Balaban J connectivity index is 2.72. The zero-order chi connectivity index (χ0) is 10.6. The molecule has 14 heavy (non-hydrogen) atoms. The monoisotopic (exact) mass is 217 g/mol. The predicted molar refractivity (Wildman–Crippen MR) is 51.3 cm³/mol. The molecule has 1 aromatic carbocycles. The van der Waals surface area contributed by atoms with Crippen LogP contribution < -0.4 is 5.90 Å². The van der Waals surface area contributed by atoms with Crippen LogP contribution in [0.2, 0.25) is 0 Å². The molecule has 0 aromatic heterocycles. The number of benzene rings is 1. The summed E-state index contributed by atoms with van der Waals surface area (Å²) in [6, 6.07) is 8.88. The van der Waals surface area contributed by atoms with Gasteiger partial charge in [-0.2, -0.15) is 0 Å². The van der Waals surface area contributed by atoms with Gasteiger partial charge in [-0.15, -0.1) is 0 Å². The van der Waals surface area contributed by atoms with Gasteiger partial charge < -0.3 is 9.79 Å². The zero-order valence-corrected chi connectivity index (χ0v) is 8.30. The van der Waals surface area contributed by atoms with E-state index >= 15 is 0 Å². The highest BCUT2D eigenvalue weighted by molar-refractivity contribution is 7.52. The molecule has 5 nitrogen and oxygen atoms in total. The fourth-order valence-electron chi connectivity index (χ4n) is 1.06. The number of hydrogen-bond donors (Lipinski definition) is 3. The van der Waals surface area contributed by atoms with Crippen molar-refractivity contribution < 1.29 is 19.2 Å². The summed E-state index contributed by atoms with van der Waals surface area (Å²) in [6.07, 6.45) is 0.0988. The van der Waals surface area contributed by atoms with Gasteiger partial charge in [0, 0.05) is 6.42 Å². The fourth-order valence-corrected chi connectivity index (χ4v) is 1.67. The van der Waals surface area contributed by atoms with Crippen LogP contribution in [0.3, 0.4) is 0 Å². The minimum Gasteiger partial charge on any atom is -0.323 e. The summed E-state index contributed by atoms with van der Waals surface area (Å²) in [6.45, 7) is 0. The predicted octanol–water partition coefficient (Wildman–Crippen LogP) is 0.623. The first-order valence-corrected chi connectivity index (χ1v) is 5.67. The lowest BCUT2D eigenvalue weighted by molar-refractivity contribution is 0.0872. The Labute approximate surface area is 81.6 Å². The Morgan fingerprint density at radius 1 is 1.36 bits per heavy atom. The van der Waals surface area contributed by atoms with Crippen LogP contribution in [0.15, 0.2) is 30.3 Å². The maximum atomic E-state index is 10.9. The molecule has 0 fully saturated rings. The molecule has 0 amide bonds. The molecule has 0 aliphatic heterocycles. The highest BCUT2D eigenvalue weighted by Gasteiger charge is 2.29. The lowest BCUT2D eigenvalue weighted by atomic mass is 10.2. The van der Waals surface area contributed by atoms with Gasteiger partial charge in [-0.1, -0.05) is 30.3 Å². The Morgan fingerprint density at radius 3 is 2.36 bits per heavy atom. The normalized spacial score (nSPS) is 13.9. The maximum Gasteiger partial charge on any atom is 0.356 e. The first kappa shape index (κ1) is 11.4. The van der Waals surface area contributed by atoms with Crippen LogP contribution >= 0.6 is 7.60 Å². The Morgan fingerprint density at radius 2 is 1.93 bits per heavy atom. The topological polar surface area (TPSA) is 92.8 Å². The summed E-state index contributed by atoms with van der Waals surface area (Å²) in [5.41, 5.74) is 0.770. The summed E-state index contributed by atoms with van der Waals surface area (Å²) in [7, 11) is -4.29. The van der Waals surface area contributed by atoms with Crippen LogP contribution in [0.25, 0.3) is 0 Å². The molecule has 0 heterocycles. The average Bonchev–Trinajstić information content (AvgIpc) is 2.14. The summed E-state index contributed by atoms with van der Waals surface area (Å²) in [5.74, 6) is 3.54. The average molecular weight is 217 g/mol. The Bertz CT molecular complexity index is 323. The van der Waals surface area contributed by atoms with Crippen LogP contribution in [-0.2, 0) is 15.8 Å². The van der Waals surface area contributed by atoms with Gasteiger partial charge in [0.15, 0.2) is 5.85 Å². The molecule has 78 valence electrons. The minimum absolute atomic E-state index is 0.0988. The van der Waals surface area contributed by atoms with Gasteiger partial charge in [0.1, 0.15) is 0 Å². The molecule has 1 unspecified atom stereocenters. The molecule has 1 aromatic rings. The lowest BCUT2D eigenvalue weighted by Crippen LogP contribution is -2.20. The van der Waals surface area contributed by atoms with E-state index in [-0.39, 0.29) is 6.42 Å². The van der Waals surface area contributed by atoms with E-state index in [1.54, 1.807) is 24.3 Å². The standard InChI is InChI=1S/C8H12NO4P/c9-13-8(14(10,11)12)6-7-4-2-1-3-5-7/h1-5,8H,6,9H2,(H2,10,11,12). The highest BCUT2D eigenvalue weighted by atomic mass is 31.2. The number of hydrogen-bond acceptors (Lipinski definition) is 3. The third kappa shape index (κ3) is 3.21. The van der Waals surface area contributed by atoms with Gasteiger partial charge in [0.2, 0.25) is 0 Å². The zero-order valence-electron chi connectivity index (χ0n) is 7.41. The van der Waals surface area contributed by atoms with E-state index in [1.165, 1.54) is 0 Å².